The minimum atomic E-state index is -0.824. The maximum absolute atomic E-state index is 12.7. The zero-order chi connectivity index (χ0) is 49.3. The van der Waals surface area contributed by atoms with E-state index in [0.29, 0.717) is 12.8 Å². The number of allylic oxidation sites excluding steroid dienone is 9. The molecule has 0 heterocycles. The molecule has 1 unspecified atom stereocenters. The second-order valence-corrected chi connectivity index (χ2v) is 19.6. The zero-order valence-corrected chi connectivity index (χ0v) is 45.1. The van der Waals surface area contributed by atoms with Crippen molar-refractivity contribution < 1.29 is 28.6 Å². The van der Waals surface area contributed by atoms with Crippen molar-refractivity contribution in [1.82, 2.24) is 0 Å². The van der Waals surface area contributed by atoms with Crippen LogP contribution < -0.4 is 0 Å². The monoisotopic (exact) mass is 951 g/mol. The van der Waals surface area contributed by atoms with Crippen LogP contribution in [-0.2, 0) is 28.6 Å². The van der Waals surface area contributed by atoms with Gasteiger partial charge in [-0.2, -0.15) is 0 Å². The van der Waals surface area contributed by atoms with Gasteiger partial charge in [-0.3, -0.25) is 14.4 Å². The van der Waals surface area contributed by atoms with Gasteiger partial charge in [0.2, 0.25) is 0 Å². The lowest BCUT2D eigenvalue weighted by atomic mass is 10.0. The van der Waals surface area contributed by atoms with E-state index in [2.05, 4.69) is 69.4 Å². The molecular weight excluding hydrogens is 841 g/mol. The van der Waals surface area contributed by atoms with Gasteiger partial charge in [0.05, 0.1) is 6.42 Å². The summed E-state index contributed by atoms with van der Waals surface area (Å²) in [6.45, 7) is 6.45. The quantitative estimate of drug-likeness (QED) is 0.0262. The minimum Gasteiger partial charge on any atom is -0.462 e. The Hall–Kier alpha value is -2.89. The van der Waals surface area contributed by atoms with Crippen LogP contribution in [0.3, 0.4) is 0 Å². The van der Waals surface area contributed by atoms with E-state index in [0.717, 1.165) is 70.6 Å². The van der Waals surface area contributed by atoms with Gasteiger partial charge in [0.1, 0.15) is 13.2 Å². The number of hydrogen-bond donors (Lipinski definition) is 0. The van der Waals surface area contributed by atoms with Crippen molar-refractivity contribution in [2.24, 2.45) is 0 Å². The first kappa shape index (κ1) is 65.1. The first-order valence-electron chi connectivity index (χ1n) is 29.3. The first-order valence-corrected chi connectivity index (χ1v) is 29.3. The normalized spacial score (nSPS) is 12.5. The molecular formula is C62H110O6. The highest BCUT2D eigenvalue weighted by molar-refractivity contribution is 5.72. The van der Waals surface area contributed by atoms with E-state index in [-0.39, 0.29) is 31.6 Å². The van der Waals surface area contributed by atoms with Crippen molar-refractivity contribution in [3.63, 3.8) is 0 Å². The van der Waals surface area contributed by atoms with Crippen molar-refractivity contribution >= 4 is 17.9 Å². The number of hydrogen-bond acceptors (Lipinski definition) is 6. The molecule has 0 fully saturated rings. The average Bonchev–Trinajstić information content (AvgIpc) is 3.34. The molecule has 0 N–H and O–H groups in total. The SMILES string of the molecule is CC/C=C\C/C=C\C/C=C\C/C=C\C/C=C\CC(=O)OC(COC(=O)CCCCCCCCCCC)COC(=O)CCCCCCCCCCCCCCCCCCCCCCCCCCCC. The third-order valence-electron chi connectivity index (χ3n) is 12.8. The van der Waals surface area contributed by atoms with Crippen LogP contribution in [0.15, 0.2) is 60.8 Å². The molecule has 0 bridgehead atoms. The van der Waals surface area contributed by atoms with Crippen LogP contribution in [0.1, 0.15) is 297 Å². The van der Waals surface area contributed by atoms with Crippen LogP contribution in [0.25, 0.3) is 0 Å². The Balaban J connectivity index is 4.21. The second-order valence-electron chi connectivity index (χ2n) is 19.6. The summed E-state index contributed by atoms with van der Waals surface area (Å²) >= 11 is 0. The summed E-state index contributed by atoms with van der Waals surface area (Å²) in [7, 11) is 0. The van der Waals surface area contributed by atoms with Gasteiger partial charge >= 0.3 is 17.9 Å². The van der Waals surface area contributed by atoms with E-state index in [9.17, 15) is 14.4 Å². The summed E-state index contributed by atoms with van der Waals surface area (Å²) in [4.78, 5) is 37.9. The van der Waals surface area contributed by atoms with Crippen molar-refractivity contribution in [3.8, 4) is 0 Å². The molecule has 0 aromatic carbocycles. The summed E-state index contributed by atoms with van der Waals surface area (Å²) in [6, 6.07) is 0. The fraction of sp³-hybridized carbons (Fsp3) is 0.790. The Labute approximate surface area is 421 Å². The maximum Gasteiger partial charge on any atom is 0.310 e. The van der Waals surface area contributed by atoms with Gasteiger partial charge in [0.25, 0.3) is 0 Å². The molecule has 0 saturated heterocycles. The van der Waals surface area contributed by atoms with Crippen LogP contribution in [0.5, 0.6) is 0 Å². The van der Waals surface area contributed by atoms with Crippen LogP contribution >= 0.6 is 0 Å². The lowest BCUT2D eigenvalue weighted by molar-refractivity contribution is -0.166. The standard InChI is InChI=1S/C62H110O6/c1-4-7-10-13-16-19-21-23-25-26-27-28-29-30-31-32-33-34-35-37-38-40-43-46-49-52-55-61(64)67-58-59(57-66-60(63)54-51-48-45-42-18-15-12-9-6-3)68-62(65)56-53-50-47-44-41-39-36-24-22-20-17-14-11-8-5-2/h8,11,17,20,24,36,41,44,50,53,59H,4-7,9-10,12-16,18-19,21-23,25-35,37-40,42-43,45-49,51-52,54-58H2,1-3H3/b11-8-,20-17-,36-24-,44-41-,53-50-. The van der Waals surface area contributed by atoms with Crippen molar-refractivity contribution in [2.45, 2.75) is 303 Å². The Bertz CT molecular complexity index is 1230. The largest absolute Gasteiger partial charge is 0.462 e. The van der Waals surface area contributed by atoms with Crippen LogP contribution in [0.4, 0.5) is 0 Å². The van der Waals surface area contributed by atoms with E-state index < -0.39 is 12.1 Å². The fourth-order valence-electron chi connectivity index (χ4n) is 8.46. The lowest BCUT2D eigenvalue weighted by Crippen LogP contribution is -2.30. The van der Waals surface area contributed by atoms with Gasteiger partial charge in [-0.1, -0.05) is 293 Å². The molecule has 0 spiro atoms. The topological polar surface area (TPSA) is 78.9 Å². The third kappa shape index (κ3) is 54.1. The van der Waals surface area contributed by atoms with E-state index in [1.165, 1.54) is 186 Å². The smallest absolute Gasteiger partial charge is 0.310 e. The molecule has 0 aromatic heterocycles. The molecule has 0 radical (unpaired) electrons. The summed E-state index contributed by atoms with van der Waals surface area (Å²) in [5.41, 5.74) is 0. The number of carbonyl (C=O) groups is 3. The Morgan fingerprint density at radius 2 is 0.559 bits per heavy atom. The van der Waals surface area contributed by atoms with Crippen LogP contribution in [0, 0.1) is 0 Å². The molecule has 68 heavy (non-hydrogen) atoms. The number of esters is 3. The van der Waals surface area contributed by atoms with E-state index in [1.54, 1.807) is 6.08 Å². The summed E-state index contributed by atoms with van der Waals surface area (Å²) < 4.78 is 16.7. The van der Waals surface area contributed by atoms with Gasteiger partial charge in [-0.05, 0) is 44.9 Å². The Kier molecular flexibility index (Phi) is 54.3. The molecule has 0 saturated carbocycles. The molecule has 0 rings (SSSR count). The van der Waals surface area contributed by atoms with Gasteiger partial charge < -0.3 is 14.2 Å². The van der Waals surface area contributed by atoms with Crippen molar-refractivity contribution in [2.75, 3.05) is 13.2 Å². The Morgan fingerprint density at radius 1 is 0.309 bits per heavy atom. The van der Waals surface area contributed by atoms with Crippen LogP contribution in [-0.4, -0.2) is 37.2 Å². The summed E-state index contributed by atoms with van der Waals surface area (Å²) in [5, 5.41) is 0. The first-order chi connectivity index (χ1) is 33.5. The maximum atomic E-state index is 12.7. The molecule has 6 heteroatoms. The number of unbranched alkanes of at least 4 members (excludes halogenated alkanes) is 33. The van der Waals surface area contributed by atoms with E-state index in [4.69, 9.17) is 14.2 Å². The third-order valence-corrected chi connectivity index (χ3v) is 12.8. The minimum absolute atomic E-state index is 0.101. The average molecular weight is 952 g/mol. The predicted molar refractivity (Wildman–Crippen MR) is 293 cm³/mol. The summed E-state index contributed by atoms with van der Waals surface area (Å²) in [5.74, 6) is -1.03. The van der Waals surface area contributed by atoms with Gasteiger partial charge in [-0.25, -0.2) is 0 Å². The number of rotatable bonds is 53. The van der Waals surface area contributed by atoms with Crippen molar-refractivity contribution in [3.05, 3.63) is 60.8 Å². The molecule has 1 atom stereocenters. The fourth-order valence-corrected chi connectivity index (χ4v) is 8.46. The van der Waals surface area contributed by atoms with Gasteiger partial charge in [0.15, 0.2) is 6.10 Å². The molecule has 0 aliphatic heterocycles. The molecule has 0 aliphatic rings. The highest BCUT2D eigenvalue weighted by Gasteiger charge is 2.19. The predicted octanol–water partition coefficient (Wildman–Crippen LogP) is 19.6. The molecule has 6 nitrogen and oxygen atoms in total. The Morgan fingerprint density at radius 3 is 0.838 bits per heavy atom. The van der Waals surface area contributed by atoms with Crippen molar-refractivity contribution in [1.29, 1.82) is 0 Å². The second kappa shape index (κ2) is 56.7. The molecule has 394 valence electrons. The van der Waals surface area contributed by atoms with Gasteiger partial charge in [-0.15, -0.1) is 0 Å². The molecule has 0 aromatic rings. The number of carbonyl (C=O) groups excluding carboxylic acids is 3. The highest BCUT2D eigenvalue weighted by atomic mass is 16.6. The van der Waals surface area contributed by atoms with Gasteiger partial charge in [0, 0.05) is 12.8 Å². The molecule has 0 amide bonds. The number of ether oxygens (including phenoxy) is 3. The van der Waals surface area contributed by atoms with E-state index in [1.807, 2.05) is 6.08 Å². The summed E-state index contributed by atoms with van der Waals surface area (Å²) in [6.07, 6.45) is 71.3. The van der Waals surface area contributed by atoms with Crippen LogP contribution in [0.2, 0.25) is 0 Å². The van der Waals surface area contributed by atoms with E-state index >= 15 is 0 Å². The molecule has 0 aliphatic carbocycles. The lowest BCUT2D eigenvalue weighted by Gasteiger charge is -2.18. The highest BCUT2D eigenvalue weighted by Crippen LogP contribution is 2.17. The zero-order valence-electron chi connectivity index (χ0n) is 45.1.